The van der Waals surface area contributed by atoms with E-state index in [2.05, 4.69) is 0 Å². The van der Waals surface area contributed by atoms with E-state index >= 15 is 18.3 Å². The van der Waals surface area contributed by atoms with Crippen molar-refractivity contribution in [2.45, 2.75) is 0 Å². The third kappa shape index (κ3) is 11.9. The van der Waals surface area contributed by atoms with Gasteiger partial charge in [-0.25, -0.2) is 0 Å². The first-order valence-electron chi connectivity index (χ1n) is 46.6. The summed E-state index contributed by atoms with van der Waals surface area (Å²) in [6.07, 6.45) is 0. The molecule has 0 spiro atoms. The van der Waals surface area contributed by atoms with Crippen molar-refractivity contribution in [3.05, 3.63) is 431 Å². The maximum atomic E-state index is 15.4. The van der Waals surface area contributed by atoms with Gasteiger partial charge in [-0.15, -0.1) is 0 Å². The Hall–Kier alpha value is -16.7. The number of ether oxygens (including phenoxy) is 10. The van der Waals surface area contributed by atoms with Gasteiger partial charge >= 0.3 is 0 Å². The molecule has 1 unspecified atom stereocenters. The van der Waals surface area contributed by atoms with Gasteiger partial charge in [-0.1, -0.05) is 279 Å². The molecule has 0 N–H and O–H groups in total. The van der Waals surface area contributed by atoms with Crippen LogP contribution in [0.5, 0.6) is 115 Å². The van der Waals surface area contributed by atoms with Crippen molar-refractivity contribution >= 4 is 201 Å². The Morgan fingerprint density at radius 3 is 0.662 bits per heavy atom. The number of hydrogen-bond acceptors (Lipinski definition) is 15. The van der Waals surface area contributed by atoms with Crippen molar-refractivity contribution in [3.8, 4) is 115 Å². The first-order valence-corrected chi connectivity index (χ1v) is 55.1. The Kier molecular flexibility index (Phi) is 17.9. The van der Waals surface area contributed by atoms with Crippen LogP contribution < -0.4 is 127 Å². The fraction of sp³-hybridized carbons (Fsp3) is 0. The molecule has 23 aromatic carbocycles. The standard InChI is InChI=1S/4C26H15O3P.C18H11O3P/c27-30-24-14-18-8-3-1-6-16(18)12-22(24)28-20-10-5-11-21(26(20)30)29-23-13-17-7-2-4-9-19(17)15-25(23)30;27-30-22-14-12-16-6-1-3-8-18(16)24(22)28-20-10-5-11-21(26(20)30)29-25-19-9-4-2-7-17(19)13-15-23(25)30;27-30-24-18-8-3-1-6-16(18)12-14-22(24)28-20-10-5-11-21(26(20)30)29-23-15-13-17-7-2-4-9-19(17)25(23)30;27-30-24-15-18-8-2-1-7-17(18)14-23(24)29-21-11-5-10-20(26(21)30)28-22-13-12-16-6-3-4-9-19(16)25(22)30;19-22-16-10-3-1-6-12(16)20-14-8-5-9-15(18(14)22)21-13-7-2-4-11-17(13)22/h4*1-15H;1-11H. The zero-order valence-corrected chi connectivity index (χ0v) is 79.3. The SMILES string of the molecule is O=P12c3c(cccc3Oc3ccc4ccccc4c31)Oc1ccc3ccccc3c12.O=P12c3cc4ccccc4cc3Oc3cccc(c31)Oc1cc3ccccc3cc12.O=P12c3cc4ccccc4cc3Oc3cccc(c31)Oc1ccc3ccccc3c12.O=P12c3ccc4ccccc4c3Oc3cccc(c31)Oc1c2ccc2ccccc12.O=P12c3ccccc3Oc3cccc(c31)Oc1ccccc12. The minimum absolute atomic E-state index is 0.609. The molecule has 0 fully saturated rings. The summed E-state index contributed by atoms with van der Waals surface area (Å²) in [5.74, 6) is 12.7. The first kappa shape index (κ1) is 82.4. The second kappa shape index (κ2) is 30.9. The van der Waals surface area contributed by atoms with E-state index in [1.165, 1.54) is 0 Å². The van der Waals surface area contributed by atoms with Gasteiger partial charge in [-0.05, 0) is 227 Å². The lowest BCUT2D eigenvalue weighted by molar-refractivity contribution is 0.461. The van der Waals surface area contributed by atoms with E-state index in [0.29, 0.717) is 142 Å². The predicted molar refractivity (Wildman–Crippen MR) is 570 cm³/mol. The zero-order chi connectivity index (χ0) is 94.2. The molecular formula is C122H71O15P5. The van der Waals surface area contributed by atoms with Gasteiger partial charge in [0, 0.05) is 10.8 Å². The lowest BCUT2D eigenvalue weighted by Gasteiger charge is -2.35. The maximum Gasteiger partial charge on any atom is 0.186 e. The fourth-order valence-electron chi connectivity index (χ4n) is 22.2. The molecule has 0 aliphatic carbocycles. The Bertz CT molecular complexity index is 9420. The van der Waals surface area contributed by atoms with Gasteiger partial charge < -0.3 is 70.2 Å². The summed E-state index contributed by atoms with van der Waals surface area (Å²) in [4.78, 5) is 0. The molecule has 0 aromatic heterocycles. The quantitative estimate of drug-likeness (QED) is 0.131. The van der Waals surface area contributed by atoms with Crippen molar-refractivity contribution in [2.75, 3.05) is 0 Å². The van der Waals surface area contributed by atoms with Crippen LogP contribution in [0.4, 0.5) is 0 Å². The molecule has 674 valence electrons. The molecule has 20 heteroatoms. The van der Waals surface area contributed by atoms with Gasteiger partial charge in [0.1, 0.15) is 142 Å². The summed E-state index contributed by atoms with van der Waals surface area (Å²) >= 11 is 0. The van der Waals surface area contributed by atoms with Gasteiger partial charge in [0.05, 0.1) is 53.0 Å². The molecule has 0 saturated heterocycles. The summed E-state index contributed by atoms with van der Waals surface area (Å²) in [6.45, 7) is 0. The van der Waals surface area contributed by atoms with Gasteiger partial charge in [0.2, 0.25) is 0 Å². The van der Waals surface area contributed by atoms with Crippen molar-refractivity contribution in [1.82, 2.24) is 0 Å². The summed E-state index contributed by atoms with van der Waals surface area (Å²) in [7, 11) is -15.8. The Morgan fingerprint density at radius 1 is 0.120 bits per heavy atom. The van der Waals surface area contributed by atoms with Crippen molar-refractivity contribution in [2.24, 2.45) is 0 Å². The third-order valence-corrected chi connectivity index (χ3v) is 44.3. The van der Waals surface area contributed by atoms with Gasteiger partial charge in [-0.3, -0.25) is 0 Å². The van der Waals surface area contributed by atoms with E-state index in [1.807, 2.05) is 431 Å². The van der Waals surface area contributed by atoms with Crippen LogP contribution in [0, 0.1) is 0 Å². The Morgan fingerprint density at radius 2 is 0.324 bits per heavy atom. The van der Waals surface area contributed by atoms with E-state index in [1.54, 1.807) is 0 Å². The molecule has 23 aromatic rings. The molecule has 10 aliphatic heterocycles. The van der Waals surface area contributed by atoms with Crippen LogP contribution in [-0.4, -0.2) is 0 Å². The largest absolute Gasteiger partial charge is 0.456 e. The second-order valence-electron chi connectivity index (χ2n) is 36.2. The van der Waals surface area contributed by atoms with E-state index in [-0.39, 0.29) is 0 Å². The molecule has 0 saturated carbocycles. The Labute approximate surface area is 811 Å². The van der Waals surface area contributed by atoms with Crippen LogP contribution in [-0.2, 0) is 22.8 Å². The van der Waals surface area contributed by atoms with Crippen molar-refractivity contribution < 1.29 is 70.2 Å². The predicted octanol–water partition coefficient (Wildman–Crippen LogP) is 26.9. The highest BCUT2D eigenvalue weighted by Crippen LogP contribution is 2.66. The highest BCUT2D eigenvalue weighted by molar-refractivity contribution is 7.88. The molecule has 1 atom stereocenters. The van der Waals surface area contributed by atoms with Gasteiger partial charge in [0.25, 0.3) is 0 Å². The molecule has 0 amide bonds. The average molecular weight is 1930 g/mol. The van der Waals surface area contributed by atoms with E-state index in [4.69, 9.17) is 47.4 Å². The topological polar surface area (TPSA) is 178 Å². The molecule has 15 nitrogen and oxygen atoms in total. The van der Waals surface area contributed by atoms with Crippen LogP contribution in [0.1, 0.15) is 0 Å². The van der Waals surface area contributed by atoms with E-state index in [9.17, 15) is 4.57 Å². The molecule has 142 heavy (non-hydrogen) atoms. The van der Waals surface area contributed by atoms with Crippen molar-refractivity contribution in [3.63, 3.8) is 0 Å². The van der Waals surface area contributed by atoms with Crippen LogP contribution in [0.3, 0.4) is 0 Å². The summed E-state index contributed by atoms with van der Waals surface area (Å²) in [5.41, 5.74) is 0. The van der Waals surface area contributed by atoms with Crippen LogP contribution in [0.2, 0.25) is 0 Å². The number of rotatable bonds is 0. The lowest BCUT2D eigenvalue weighted by Crippen LogP contribution is -2.35. The number of benzene rings is 23. The highest BCUT2D eigenvalue weighted by atomic mass is 31.2. The minimum atomic E-state index is -3.26. The summed E-state index contributed by atoms with van der Waals surface area (Å²) < 4.78 is 137. The number of hydrogen-bond donors (Lipinski definition) is 0. The third-order valence-electron chi connectivity index (χ3n) is 28.4. The normalized spacial score (nSPS) is 15.7. The summed E-state index contributed by atoms with van der Waals surface area (Å²) in [6, 6.07) is 140. The average Bonchev–Trinajstić information content (AvgIpc) is 0.551. The van der Waals surface area contributed by atoms with Crippen LogP contribution in [0.25, 0.3) is 86.2 Å². The summed E-state index contributed by atoms with van der Waals surface area (Å²) in [5, 5.41) is 27.2. The fourth-order valence-corrected chi connectivity index (χ4v) is 38.1. The molecule has 10 heterocycles. The second-order valence-corrected chi connectivity index (χ2v) is 49.2. The van der Waals surface area contributed by atoms with Crippen molar-refractivity contribution in [1.29, 1.82) is 0 Å². The first-order chi connectivity index (χ1) is 69.7. The monoisotopic (exact) mass is 1930 g/mol. The maximum absolute atomic E-state index is 15.4. The molecular weight excluding hydrogens is 1860 g/mol. The van der Waals surface area contributed by atoms with Crippen LogP contribution in [0.15, 0.2) is 431 Å². The molecule has 0 radical (unpaired) electrons. The van der Waals surface area contributed by atoms with E-state index in [0.717, 1.165) is 139 Å². The van der Waals surface area contributed by atoms with E-state index < -0.39 is 35.7 Å². The van der Waals surface area contributed by atoms with Crippen LogP contribution >= 0.6 is 35.7 Å². The highest BCUT2D eigenvalue weighted by Gasteiger charge is 2.54. The Balaban J connectivity index is 0.0000000851. The smallest absolute Gasteiger partial charge is 0.186 e. The number of para-hydroxylation sites is 2. The molecule has 10 aliphatic rings. The lowest BCUT2D eigenvalue weighted by atomic mass is 10.1. The minimum Gasteiger partial charge on any atom is -0.456 e. The van der Waals surface area contributed by atoms with Gasteiger partial charge in [0.15, 0.2) is 35.7 Å². The zero-order valence-electron chi connectivity index (χ0n) is 74.9. The molecule has 0 bridgehead atoms. The van der Waals surface area contributed by atoms with Gasteiger partial charge in [-0.2, -0.15) is 0 Å². The molecule has 33 rings (SSSR count). The number of fused-ring (bicyclic) bond motifs is 33.